The molecule has 1 atom stereocenters. The summed E-state index contributed by atoms with van der Waals surface area (Å²) in [5.74, 6) is 0.172. The molecule has 0 N–H and O–H groups in total. The fraction of sp³-hybridized carbons (Fsp3) is 0.600. The Hall–Kier alpha value is -0.420. The van der Waals surface area contributed by atoms with Gasteiger partial charge in [-0.25, -0.2) is 12.8 Å². The highest BCUT2D eigenvalue weighted by Crippen LogP contribution is 2.21. The first-order chi connectivity index (χ1) is 9.15. The third-order valence-electron chi connectivity index (χ3n) is 3.38. The standard InChI is InChI=1S/C15H22BrFO2S/c1-15(2,3)20(18,19)9-8-13(11-16)10-12-4-6-14(17)7-5-12/h4-7,13H,8-11H2,1-3H3. The Morgan fingerprint density at radius 2 is 1.75 bits per heavy atom. The van der Waals surface area contributed by atoms with Crippen molar-refractivity contribution in [2.24, 2.45) is 5.92 Å². The molecule has 5 heteroatoms. The van der Waals surface area contributed by atoms with Gasteiger partial charge in [0.1, 0.15) is 5.82 Å². The summed E-state index contributed by atoms with van der Waals surface area (Å²) in [6.07, 6.45) is 1.37. The molecular formula is C15H22BrFO2S. The molecule has 0 aliphatic heterocycles. The van der Waals surface area contributed by atoms with E-state index in [1.807, 2.05) is 0 Å². The van der Waals surface area contributed by atoms with Crippen LogP contribution in [0.2, 0.25) is 0 Å². The van der Waals surface area contributed by atoms with Crippen molar-refractivity contribution in [3.63, 3.8) is 0 Å². The van der Waals surface area contributed by atoms with E-state index >= 15 is 0 Å². The Morgan fingerprint density at radius 1 is 1.20 bits per heavy atom. The highest BCUT2D eigenvalue weighted by Gasteiger charge is 2.29. The van der Waals surface area contributed by atoms with Crippen molar-refractivity contribution in [1.82, 2.24) is 0 Å². The van der Waals surface area contributed by atoms with Gasteiger partial charge in [-0.2, -0.15) is 0 Å². The molecule has 0 aliphatic carbocycles. The first kappa shape index (κ1) is 17.6. The number of sulfone groups is 1. The fourth-order valence-corrected chi connectivity index (χ4v) is 3.62. The lowest BCUT2D eigenvalue weighted by Gasteiger charge is -2.21. The number of rotatable bonds is 6. The zero-order valence-corrected chi connectivity index (χ0v) is 14.6. The summed E-state index contributed by atoms with van der Waals surface area (Å²) in [5, 5.41) is 0.740. The summed E-state index contributed by atoms with van der Waals surface area (Å²) < 4.78 is 36.4. The van der Waals surface area contributed by atoms with E-state index in [0.717, 1.165) is 17.3 Å². The first-order valence-corrected chi connectivity index (χ1v) is 9.46. The van der Waals surface area contributed by atoms with E-state index in [2.05, 4.69) is 15.9 Å². The Bertz CT molecular complexity index is 518. The zero-order valence-electron chi connectivity index (χ0n) is 12.2. The molecule has 0 amide bonds. The van der Waals surface area contributed by atoms with Gasteiger partial charge in [-0.3, -0.25) is 0 Å². The molecule has 0 fully saturated rings. The second-order valence-electron chi connectivity index (χ2n) is 6.07. The summed E-state index contributed by atoms with van der Waals surface area (Å²) in [6.45, 7) is 5.18. The summed E-state index contributed by atoms with van der Waals surface area (Å²) in [4.78, 5) is 0. The van der Waals surface area contributed by atoms with E-state index in [4.69, 9.17) is 0 Å². The quantitative estimate of drug-likeness (QED) is 0.715. The van der Waals surface area contributed by atoms with Crippen LogP contribution in [0.1, 0.15) is 32.8 Å². The predicted molar refractivity (Wildman–Crippen MR) is 85.5 cm³/mol. The van der Waals surface area contributed by atoms with Gasteiger partial charge in [0, 0.05) is 5.33 Å². The van der Waals surface area contributed by atoms with Crippen LogP contribution in [0.25, 0.3) is 0 Å². The minimum atomic E-state index is -3.08. The zero-order chi connectivity index (χ0) is 15.4. The van der Waals surface area contributed by atoms with Crippen molar-refractivity contribution in [1.29, 1.82) is 0 Å². The number of hydrogen-bond donors (Lipinski definition) is 0. The van der Waals surface area contributed by atoms with Gasteiger partial charge in [-0.15, -0.1) is 0 Å². The molecule has 1 aromatic carbocycles. The lowest BCUT2D eigenvalue weighted by Crippen LogP contribution is -2.31. The van der Waals surface area contributed by atoms with Crippen molar-refractivity contribution in [3.05, 3.63) is 35.6 Å². The highest BCUT2D eigenvalue weighted by atomic mass is 79.9. The lowest BCUT2D eigenvalue weighted by molar-refractivity contribution is 0.532. The van der Waals surface area contributed by atoms with Crippen molar-refractivity contribution in [2.45, 2.75) is 38.4 Å². The molecule has 0 bridgehead atoms. The maximum Gasteiger partial charge on any atom is 0.155 e. The van der Waals surface area contributed by atoms with Gasteiger partial charge in [0.15, 0.2) is 9.84 Å². The molecule has 0 heterocycles. The number of hydrogen-bond acceptors (Lipinski definition) is 2. The second kappa shape index (κ2) is 7.03. The molecule has 1 rings (SSSR count). The van der Waals surface area contributed by atoms with E-state index in [9.17, 15) is 12.8 Å². The van der Waals surface area contributed by atoms with Crippen LogP contribution in [0.4, 0.5) is 4.39 Å². The van der Waals surface area contributed by atoms with Gasteiger partial charge in [0.2, 0.25) is 0 Å². The lowest BCUT2D eigenvalue weighted by atomic mass is 9.99. The molecule has 0 aromatic heterocycles. The van der Waals surface area contributed by atoms with Gasteiger partial charge in [0.05, 0.1) is 10.5 Å². The van der Waals surface area contributed by atoms with Crippen LogP contribution in [0, 0.1) is 11.7 Å². The van der Waals surface area contributed by atoms with E-state index in [1.54, 1.807) is 32.9 Å². The van der Waals surface area contributed by atoms with Crippen molar-refractivity contribution >= 4 is 25.8 Å². The normalized spacial score (nSPS) is 14.2. The molecule has 0 saturated heterocycles. The fourth-order valence-electron chi connectivity index (χ4n) is 1.82. The average Bonchev–Trinajstić information content (AvgIpc) is 2.35. The smallest absolute Gasteiger partial charge is 0.155 e. The van der Waals surface area contributed by atoms with E-state index in [-0.39, 0.29) is 17.5 Å². The molecule has 0 saturated carbocycles. The molecule has 114 valence electrons. The van der Waals surface area contributed by atoms with Crippen molar-refractivity contribution < 1.29 is 12.8 Å². The van der Waals surface area contributed by atoms with E-state index < -0.39 is 14.6 Å². The van der Waals surface area contributed by atoms with Crippen LogP contribution >= 0.6 is 15.9 Å². The van der Waals surface area contributed by atoms with Crippen LogP contribution in [0.15, 0.2) is 24.3 Å². The van der Waals surface area contributed by atoms with Gasteiger partial charge in [-0.1, -0.05) is 28.1 Å². The second-order valence-corrected chi connectivity index (χ2v) is 9.58. The third-order valence-corrected chi connectivity index (χ3v) is 6.94. The molecular weight excluding hydrogens is 343 g/mol. The number of alkyl halides is 1. The van der Waals surface area contributed by atoms with Gasteiger partial charge in [0.25, 0.3) is 0 Å². The van der Waals surface area contributed by atoms with Crippen LogP contribution in [-0.2, 0) is 16.3 Å². The summed E-state index contributed by atoms with van der Waals surface area (Å²) in [6, 6.07) is 6.38. The average molecular weight is 365 g/mol. The Labute approximate surface area is 129 Å². The Balaban J connectivity index is 2.63. The Kier molecular flexibility index (Phi) is 6.20. The number of halogens is 2. The molecule has 1 unspecified atom stereocenters. The van der Waals surface area contributed by atoms with Gasteiger partial charge < -0.3 is 0 Å². The highest BCUT2D eigenvalue weighted by molar-refractivity contribution is 9.09. The van der Waals surface area contributed by atoms with Crippen LogP contribution in [0.3, 0.4) is 0 Å². The molecule has 0 radical (unpaired) electrons. The minimum Gasteiger partial charge on any atom is -0.228 e. The summed E-state index contributed by atoms with van der Waals surface area (Å²) >= 11 is 3.44. The maximum absolute atomic E-state index is 12.9. The summed E-state index contributed by atoms with van der Waals surface area (Å²) in [7, 11) is -3.08. The van der Waals surface area contributed by atoms with Crippen LogP contribution in [-0.4, -0.2) is 24.2 Å². The van der Waals surface area contributed by atoms with Gasteiger partial charge >= 0.3 is 0 Å². The predicted octanol–water partition coefficient (Wildman–Crippen LogP) is 3.98. The third kappa shape index (κ3) is 5.17. The van der Waals surface area contributed by atoms with Crippen LogP contribution in [0.5, 0.6) is 0 Å². The molecule has 2 nitrogen and oxygen atoms in total. The summed E-state index contributed by atoms with van der Waals surface area (Å²) in [5.41, 5.74) is 1.03. The van der Waals surface area contributed by atoms with Crippen molar-refractivity contribution in [3.8, 4) is 0 Å². The molecule has 1 aromatic rings. The van der Waals surface area contributed by atoms with Crippen molar-refractivity contribution in [2.75, 3.05) is 11.1 Å². The SMILES string of the molecule is CC(C)(C)S(=O)(=O)CCC(CBr)Cc1ccc(F)cc1. The molecule has 0 spiro atoms. The first-order valence-electron chi connectivity index (χ1n) is 6.68. The Morgan fingerprint density at radius 3 is 2.20 bits per heavy atom. The maximum atomic E-state index is 12.9. The van der Waals surface area contributed by atoms with Gasteiger partial charge in [-0.05, 0) is 57.2 Å². The topological polar surface area (TPSA) is 34.1 Å². The van der Waals surface area contributed by atoms with Crippen LogP contribution < -0.4 is 0 Å². The minimum absolute atomic E-state index is 0.188. The largest absolute Gasteiger partial charge is 0.228 e. The monoisotopic (exact) mass is 364 g/mol. The number of benzene rings is 1. The molecule has 20 heavy (non-hydrogen) atoms. The molecule has 0 aliphatic rings. The van der Waals surface area contributed by atoms with E-state index in [1.165, 1.54) is 12.1 Å². The van der Waals surface area contributed by atoms with E-state index in [0.29, 0.717) is 6.42 Å².